The van der Waals surface area contributed by atoms with Gasteiger partial charge in [-0.25, -0.2) is 0 Å². The second-order valence-corrected chi connectivity index (χ2v) is 5.51. The van der Waals surface area contributed by atoms with Crippen LogP contribution < -0.4 is 10.1 Å². The molecule has 134 valence electrons. The lowest BCUT2D eigenvalue weighted by molar-refractivity contribution is -0.168. The Labute approximate surface area is 138 Å². The number of nitrogens with one attached hydrogen (secondary N) is 1. The Morgan fingerprint density at radius 1 is 1.42 bits per heavy atom. The molecule has 0 aliphatic carbocycles. The summed E-state index contributed by atoms with van der Waals surface area (Å²) in [6.45, 7) is 3.92. The molecule has 0 unspecified atom stereocenters. The third-order valence-corrected chi connectivity index (χ3v) is 3.95. The number of halogens is 3. The SMILES string of the molecule is CCN1CCO[C@@H](C(=O)N[C@@H](c2ccc(OC)cc2)C(F)(F)F)C1. The first kappa shape index (κ1) is 18.5. The number of ether oxygens (including phenoxy) is 2. The van der Waals surface area contributed by atoms with Gasteiger partial charge in [-0.2, -0.15) is 13.2 Å². The van der Waals surface area contributed by atoms with E-state index in [-0.39, 0.29) is 12.1 Å². The van der Waals surface area contributed by atoms with Gasteiger partial charge in [-0.3, -0.25) is 9.69 Å². The Hall–Kier alpha value is -1.80. The van der Waals surface area contributed by atoms with Crippen LogP contribution in [-0.2, 0) is 9.53 Å². The molecular formula is C16H21F3N2O3. The number of carbonyl (C=O) groups excluding carboxylic acids is 1. The number of rotatable bonds is 5. The van der Waals surface area contributed by atoms with Gasteiger partial charge in [0, 0.05) is 13.1 Å². The lowest BCUT2D eigenvalue weighted by Crippen LogP contribution is -2.51. The minimum atomic E-state index is -4.61. The van der Waals surface area contributed by atoms with Crippen molar-refractivity contribution in [3.05, 3.63) is 29.8 Å². The summed E-state index contributed by atoms with van der Waals surface area (Å²) in [6, 6.07) is 3.34. The Bertz CT molecular complexity index is 548. The van der Waals surface area contributed by atoms with Gasteiger partial charge in [0.1, 0.15) is 11.9 Å². The molecule has 8 heteroatoms. The van der Waals surface area contributed by atoms with Gasteiger partial charge in [-0.1, -0.05) is 19.1 Å². The van der Waals surface area contributed by atoms with E-state index in [9.17, 15) is 18.0 Å². The van der Waals surface area contributed by atoms with Crippen LogP contribution in [0, 0.1) is 0 Å². The third kappa shape index (κ3) is 4.61. The minimum absolute atomic E-state index is 0.0557. The van der Waals surface area contributed by atoms with E-state index in [2.05, 4.69) is 5.32 Å². The molecule has 0 saturated carbocycles. The monoisotopic (exact) mass is 346 g/mol. The van der Waals surface area contributed by atoms with E-state index < -0.39 is 24.2 Å². The van der Waals surface area contributed by atoms with Gasteiger partial charge in [0.15, 0.2) is 6.04 Å². The van der Waals surface area contributed by atoms with Crippen molar-refractivity contribution < 1.29 is 27.4 Å². The topological polar surface area (TPSA) is 50.8 Å². The van der Waals surface area contributed by atoms with E-state index >= 15 is 0 Å². The van der Waals surface area contributed by atoms with Crippen molar-refractivity contribution in [1.29, 1.82) is 0 Å². The molecule has 0 aromatic heterocycles. The first-order valence-corrected chi connectivity index (χ1v) is 7.70. The number of hydrogen-bond acceptors (Lipinski definition) is 4. The van der Waals surface area contributed by atoms with Gasteiger partial charge in [0.05, 0.1) is 13.7 Å². The first-order chi connectivity index (χ1) is 11.3. The Morgan fingerprint density at radius 3 is 2.62 bits per heavy atom. The van der Waals surface area contributed by atoms with Gasteiger partial charge >= 0.3 is 6.18 Å². The van der Waals surface area contributed by atoms with E-state index in [1.165, 1.54) is 31.4 Å². The van der Waals surface area contributed by atoms with Crippen molar-refractivity contribution in [2.45, 2.75) is 25.2 Å². The second kappa shape index (κ2) is 7.85. The summed E-state index contributed by atoms with van der Waals surface area (Å²) in [5, 5.41) is 2.07. The van der Waals surface area contributed by atoms with Gasteiger partial charge in [0.25, 0.3) is 5.91 Å². The van der Waals surface area contributed by atoms with Crippen LogP contribution in [0.4, 0.5) is 13.2 Å². The zero-order valence-electron chi connectivity index (χ0n) is 13.6. The van der Waals surface area contributed by atoms with Crippen molar-refractivity contribution in [2.75, 3.05) is 33.4 Å². The summed E-state index contributed by atoms with van der Waals surface area (Å²) in [5.74, 6) is -0.313. The van der Waals surface area contributed by atoms with Crippen molar-refractivity contribution in [2.24, 2.45) is 0 Å². The predicted octanol–water partition coefficient (Wildman–Crippen LogP) is 2.14. The summed E-state index contributed by atoms with van der Waals surface area (Å²) >= 11 is 0. The molecule has 1 aromatic carbocycles. The van der Waals surface area contributed by atoms with Crippen molar-refractivity contribution >= 4 is 5.91 Å². The van der Waals surface area contributed by atoms with E-state index in [0.717, 1.165) is 0 Å². The average molecular weight is 346 g/mol. The smallest absolute Gasteiger partial charge is 0.412 e. The summed E-state index contributed by atoms with van der Waals surface area (Å²) in [4.78, 5) is 14.2. The van der Waals surface area contributed by atoms with Crippen molar-refractivity contribution in [3.63, 3.8) is 0 Å². The van der Waals surface area contributed by atoms with Gasteiger partial charge in [-0.15, -0.1) is 0 Å². The molecule has 0 bridgehead atoms. The number of hydrogen-bond donors (Lipinski definition) is 1. The maximum Gasteiger partial charge on any atom is 0.412 e. The lowest BCUT2D eigenvalue weighted by atomic mass is 10.1. The Balaban J connectivity index is 2.12. The number of amides is 1. The minimum Gasteiger partial charge on any atom is -0.497 e. The van der Waals surface area contributed by atoms with Crippen molar-refractivity contribution in [3.8, 4) is 5.75 Å². The van der Waals surface area contributed by atoms with Crippen LogP contribution in [0.1, 0.15) is 18.5 Å². The first-order valence-electron chi connectivity index (χ1n) is 7.70. The molecule has 5 nitrogen and oxygen atoms in total. The van der Waals surface area contributed by atoms with Crippen LogP contribution in [0.3, 0.4) is 0 Å². The molecule has 1 amide bonds. The Morgan fingerprint density at radius 2 is 2.08 bits per heavy atom. The molecule has 0 radical (unpaired) electrons. The van der Waals surface area contributed by atoms with Crippen LogP contribution in [0.15, 0.2) is 24.3 Å². The highest BCUT2D eigenvalue weighted by molar-refractivity contribution is 5.81. The summed E-state index contributed by atoms with van der Waals surface area (Å²) < 4.78 is 50.3. The Kier molecular flexibility index (Phi) is 6.06. The largest absolute Gasteiger partial charge is 0.497 e. The molecule has 2 atom stereocenters. The molecule has 0 spiro atoms. The maximum absolute atomic E-state index is 13.4. The van der Waals surface area contributed by atoms with Gasteiger partial charge in [-0.05, 0) is 24.2 Å². The highest BCUT2D eigenvalue weighted by Crippen LogP contribution is 2.33. The molecule has 1 aliphatic rings. The molecule has 24 heavy (non-hydrogen) atoms. The fraction of sp³-hybridized carbons (Fsp3) is 0.562. The van der Waals surface area contributed by atoms with Gasteiger partial charge in [0.2, 0.25) is 0 Å². The number of morpholine rings is 1. The molecule has 1 fully saturated rings. The number of methoxy groups -OCH3 is 1. The quantitative estimate of drug-likeness (QED) is 0.888. The summed E-state index contributed by atoms with van der Waals surface area (Å²) in [6.07, 6.45) is -5.51. The normalized spacial score (nSPS) is 20.5. The van der Waals surface area contributed by atoms with Crippen LogP contribution in [-0.4, -0.2) is 56.4 Å². The highest BCUT2D eigenvalue weighted by atomic mass is 19.4. The molecule has 1 N–H and O–H groups in total. The summed E-state index contributed by atoms with van der Waals surface area (Å²) in [7, 11) is 1.43. The maximum atomic E-state index is 13.4. The van der Waals surface area contributed by atoms with E-state index in [0.29, 0.717) is 25.4 Å². The number of carbonyl (C=O) groups is 1. The zero-order valence-corrected chi connectivity index (χ0v) is 13.6. The molecule has 1 saturated heterocycles. The number of likely N-dealkylation sites (N-methyl/N-ethyl adjacent to an activating group) is 1. The predicted molar refractivity (Wildman–Crippen MR) is 81.8 cm³/mol. The zero-order chi connectivity index (χ0) is 17.7. The number of benzene rings is 1. The van der Waals surface area contributed by atoms with E-state index in [1.54, 1.807) is 0 Å². The molecule has 1 heterocycles. The van der Waals surface area contributed by atoms with Crippen LogP contribution >= 0.6 is 0 Å². The second-order valence-electron chi connectivity index (χ2n) is 5.51. The lowest BCUT2D eigenvalue weighted by Gasteiger charge is -2.32. The van der Waals surface area contributed by atoms with E-state index in [4.69, 9.17) is 9.47 Å². The third-order valence-electron chi connectivity index (χ3n) is 3.95. The molecule has 2 rings (SSSR count). The van der Waals surface area contributed by atoms with Crippen molar-refractivity contribution in [1.82, 2.24) is 10.2 Å². The highest BCUT2D eigenvalue weighted by Gasteiger charge is 2.43. The standard InChI is InChI=1S/C16H21F3N2O3/c1-3-21-8-9-24-13(10-21)15(22)20-14(16(17,18)19)11-4-6-12(23-2)7-5-11/h4-7,13-14H,3,8-10H2,1-2H3,(H,20,22)/t13-,14+/m1/s1. The number of alkyl halides is 3. The number of nitrogens with zero attached hydrogens (tertiary/aromatic N) is 1. The average Bonchev–Trinajstić information content (AvgIpc) is 2.58. The van der Waals surface area contributed by atoms with Crippen LogP contribution in [0.2, 0.25) is 0 Å². The van der Waals surface area contributed by atoms with Crippen LogP contribution in [0.25, 0.3) is 0 Å². The van der Waals surface area contributed by atoms with Crippen LogP contribution in [0.5, 0.6) is 5.75 Å². The van der Waals surface area contributed by atoms with E-state index in [1.807, 2.05) is 11.8 Å². The molecule has 1 aromatic rings. The molecular weight excluding hydrogens is 325 g/mol. The fourth-order valence-corrected chi connectivity index (χ4v) is 2.53. The van der Waals surface area contributed by atoms with Gasteiger partial charge < -0.3 is 14.8 Å². The molecule has 1 aliphatic heterocycles. The fourth-order valence-electron chi connectivity index (χ4n) is 2.53. The summed E-state index contributed by atoms with van der Waals surface area (Å²) in [5.41, 5.74) is -0.0557.